The number of carbonyl (C=O) groups is 1. The van der Waals surface area contributed by atoms with Gasteiger partial charge in [-0.1, -0.05) is 0 Å². The highest BCUT2D eigenvalue weighted by molar-refractivity contribution is 5.77. The van der Waals surface area contributed by atoms with E-state index in [4.69, 9.17) is 13.9 Å². The van der Waals surface area contributed by atoms with Crippen LogP contribution in [0.15, 0.2) is 21.5 Å². The third-order valence-electron chi connectivity index (χ3n) is 6.56. The highest BCUT2D eigenvalue weighted by Gasteiger charge is 2.41. The summed E-state index contributed by atoms with van der Waals surface area (Å²) < 4.78 is 16.3. The summed E-state index contributed by atoms with van der Waals surface area (Å²) in [5.74, 6) is 1.18. The molecule has 7 heteroatoms. The minimum Gasteiger partial charge on any atom is -0.490 e. The van der Waals surface area contributed by atoms with E-state index in [0.717, 1.165) is 64.9 Å². The molecule has 0 aromatic carbocycles. The number of nitrogens with zero attached hydrogens (tertiary/aromatic N) is 2. The summed E-state index contributed by atoms with van der Waals surface area (Å²) in [5.41, 5.74) is 0.0804. The summed E-state index contributed by atoms with van der Waals surface area (Å²) in [6.07, 6.45) is 7.56. The fourth-order valence-electron chi connectivity index (χ4n) is 4.79. The van der Waals surface area contributed by atoms with Crippen LogP contribution in [0.3, 0.4) is 0 Å². The molecule has 4 rings (SSSR count). The zero-order valence-corrected chi connectivity index (χ0v) is 16.7. The number of piperidine rings is 2. The van der Waals surface area contributed by atoms with Crippen LogP contribution >= 0.6 is 0 Å². The molecule has 28 heavy (non-hydrogen) atoms. The minimum absolute atomic E-state index is 0.146. The predicted molar refractivity (Wildman–Crippen MR) is 103 cm³/mol. The molecule has 0 N–H and O–H groups in total. The molecule has 4 heterocycles. The summed E-state index contributed by atoms with van der Waals surface area (Å²) in [6.45, 7) is 4.98. The molecule has 1 amide bonds. The van der Waals surface area contributed by atoms with Gasteiger partial charge in [0.05, 0.1) is 19.8 Å². The topological polar surface area (TPSA) is 72.2 Å². The fourth-order valence-corrected chi connectivity index (χ4v) is 4.79. The lowest BCUT2D eigenvalue weighted by Crippen LogP contribution is -2.52. The first-order valence-electron chi connectivity index (χ1n) is 10.3. The van der Waals surface area contributed by atoms with Crippen molar-refractivity contribution in [2.45, 2.75) is 51.2 Å². The molecule has 3 aliphatic rings. The number of ether oxygens (including phenoxy) is 2. The highest BCUT2D eigenvalue weighted by atomic mass is 16.5. The first-order chi connectivity index (χ1) is 13.6. The number of amides is 1. The van der Waals surface area contributed by atoms with Crippen molar-refractivity contribution in [3.05, 3.63) is 28.3 Å². The van der Waals surface area contributed by atoms with Crippen molar-refractivity contribution in [2.75, 3.05) is 39.9 Å². The van der Waals surface area contributed by atoms with E-state index in [9.17, 15) is 9.59 Å². The van der Waals surface area contributed by atoms with E-state index in [1.54, 1.807) is 0 Å². The molecule has 7 nitrogen and oxygen atoms in total. The molecule has 0 bridgehead atoms. The zero-order valence-electron chi connectivity index (χ0n) is 16.7. The molecule has 3 aliphatic heterocycles. The van der Waals surface area contributed by atoms with Gasteiger partial charge in [-0.15, -0.1) is 0 Å². The van der Waals surface area contributed by atoms with Crippen molar-refractivity contribution in [2.24, 2.45) is 5.41 Å². The van der Waals surface area contributed by atoms with Gasteiger partial charge in [0, 0.05) is 32.2 Å². The van der Waals surface area contributed by atoms with Crippen LogP contribution in [-0.2, 0) is 16.1 Å². The van der Waals surface area contributed by atoms with Crippen LogP contribution in [0, 0.1) is 5.41 Å². The second-order valence-electron chi connectivity index (χ2n) is 8.46. The molecule has 1 aromatic rings. The lowest BCUT2D eigenvalue weighted by molar-refractivity contribution is -0.141. The quantitative estimate of drug-likeness (QED) is 0.766. The van der Waals surface area contributed by atoms with Crippen molar-refractivity contribution in [1.82, 2.24) is 9.80 Å². The molecule has 1 atom stereocenters. The average molecular weight is 390 g/mol. The standard InChI is InChI=1S/C21H30N2O5/c1-26-19-14-28-17(11-18(19)24)12-22-8-6-21(7-9-22)5-4-20(25)23(15-21)13-16-3-2-10-27-16/h11,14,16H,2-10,12-13,15H2,1H3/t16-/m0/s1. The number of rotatable bonds is 5. The Morgan fingerprint density at radius 1 is 1.25 bits per heavy atom. The largest absolute Gasteiger partial charge is 0.490 e. The van der Waals surface area contributed by atoms with Gasteiger partial charge in [0.15, 0.2) is 0 Å². The number of methoxy groups -OCH3 is 1. The number of likely N-dealkylation sites (tertiary alicyclic amines) is 2. The lowest BCUT2D eigenvalue weighted by atomic mass is 9.72. The van der Waals surface area contributed by atoms with Crippen LogP contribution in [0.2, 0.25) is 0 Å². The van der Waals surface area contributed by atoms with Gasteiger partial charge >= 0.3 is 0 Å². The van der Waals surface area contributed by atoms with E-state index in [1.165, 1.54) is 19.4 Å². The van der Waals surface area contributed by atoms with Gasteiger partial charge in [-0.2, -0.15) is 0 Å². The Bertz CT molecular complexity index is 747. The van der Waals surface area contributed by atoms with Crippen LogP contribution in [0.5, 0.6) is 5.75 Å². The van der Waals surface area contributed by atoms with Crippen molar-refractivity contribution >= 4 is 5.91 Å². The van der Waals surface area contributed by atoms with E-state index in [2.05, 4.69) is 9.80 Å². The zero-order chi connectivity index (χ0) is 19.6. The van der Waals surface area contributed by atoms with Crippen LogP contribution in [0.4, 0.5) is 0 Å². The molecular formula is C21H30N2O5. The Labute approximate surface area is 165 Å². The second kappa shape index (κ2) is 8.25. The third-order valence-corrected chi connectivity index (χ3v) is 6.56. The van der Waals surface area contributed by atoms with Gasteiger partial charge in [-0.05, 0) is 50.6 Å². The molecule has 0 aliphatic carbocycles. The predicted octanol–water partition coefficient (Wildman–Crippen LogP) is 2.03. The Kier molecular flexibility index (Phi) is 5.73. The molecular weight excluding hydrogens is 360 g/mol. The summed E-state index contributed by atoms with van der Waals surface area (Å²) in [4.78, 5) is 28.7. The molecule has 1 aromatic heterocycles. The minimum atomic E-state index is -0.146. The summed E-state index contributed by atoms with van der Waals surface area (Å²) >= 11 is 0. The van der Waals surface area contributed by atoms with Gasteiger partial charge < -0.3 is 18.8 Å². The van der Waals surface area contributed by atoms with E-state index < -0.39 is 0 Å². The maximum absolute atomic E-state index is 12.4. The molecule has 0 unspecified atom stereocenters. The molecule has 0 saturated carbocycles. The number of hydrogen-bond acceptors (Lipinski definition) is 6. The van der Waals surface area contributed by atoms with Gasteiger partial charge in [0.2, 0.25) is 17.1 Å². The molecule has 3 saturated heterocycles. The van der Waals surface area contributed by atoms with Crippen LogP contribution < -0.4 is 10.2 Å². The molecule has 0 radical (unpaired) electrons. The van der Waals surface area contributed by atoms with Crippen LogP contribution in [0.1, 0.15) is 44.3 Å². The Morgan fingerprint density at radius 3 is 2.75 bits per heavy atom. The Hall–Kier alpha value is -1.86. The summed E-state index contributed by atoms with van der Waals surface area (Å²) in [6, 6.07) is 1.52. The summed E-state index contributed by atoms with van der Waals surface area (Å²) in [5, 5.41) is 0. The normalized spacial score (nSPS) is 25.4. The Morgan fingerprint density at radius 2 is 2.07 bits per heavy atom. The van der Waals surface area contributed by atoms with E-state index in [-0.39, 0.29) is 28.6 Å². The maximum atomic E-state index is 12.4. The van der Waals surface area contributed by atoms with Gasteiger partial charge in [-0.25, -0.2) is 0 Å². The van der Waals surface area contributed by atoms with Gasteiger partial charge in [0.25, 0.3) is 0 Å². The van der Waals surface area contributed by atoms with E-state index in [0.29, 0.717) is 18.7 Å². The first-order valence-corrected chi connectivity index (χ1v) is 10.3. The van der Waals surface area contributed by atoms with E-state index in [1.807, 2.05) is 0 Å². The monoisotopic (exact) mass is 390 g/mol. The Balaban J connectivity index is 1.33. The number of hydrogen-bond donors (Lipinski definition) is 0. The smallest absolute Gasteiger partial charge is 0.227 e. The average Bonchev–Trinajstić information content (AvgIpc) is 3.20. The van der Waals surface area contributed by atoms with Gasteiger partial charge in [0.1, 0.15) is 12.0 Å². The van der Waals surface area contributed by atoms with Crippen LogP contribution in [-0.4, -0.2) is 61.7 Å². The van der Waals surface area contributed by atoms with Crippen molar-refractivity contribution in [3.63, 3.8) is 0 Å². The first kappa shape index (κ1) is 19.5. The SMILES string of the molecule is COc1coc(CN2CCC3(CCC(=O)N(C[C@@H]4CCCO4)C3)CC2)cc1=O. The van der Waals surface area contributed by atoms with Crippen molar-refractivity contribution in [3.8, 4) is 5.75 Å². The third kappa shape index (κ3) is 4.25. The molecule has 154 valence electrons. The van der Waals surface area contributed by atoms with Gasteiger partial charge in [-0.3, -0.25) is 14.5 Å². The summed E-state index contributed by atoms with van der Waals surface area (Å²) in [7, 11) is 1.47. The van der Waals surface area contributed by atoms with E-state index >= 15 is 0 Å². The highest BCUT2D eigenvalue weighted by Crippen LogP contribution is 2.40. The van der Waals surface area contributed by atoms with Crippen LogP contribution in [0.25, 0.3) is 0 Å². The molecule has 3 fully saturated rings. The molecule has 1 spiro atoms. The lowest BCUT2D eigenvalue weighted by Gasteiger charge is -2.47. The maximum Gasteiger partial charge on any atom is 0.227 e. The van der Waals surface area contributed by atoms with Crippen molar-refractivity contribution < 1.29 is 18.7 Å². The van der Waals surface area contributed by atoms with Crippen molar-refractivity contribution in [1.29, 1.82) is 0 Å². The fraction of sp³-hybridized carbons (Fsp3) is 0.714. The second-order valence-corrected chi connectivity index (χ2v) is 8.46. The number of carbonyl (C=O) groups excluding carboxylic acids is 1.